The van der Waals surface area contributed by atoms with Crippen molar-refractivity contribution < 1.29 is 27.5 Å². The summed E-state index contributed by atoms with van der Waals surface area (Å²) in [6, 6.07) is 4.01. The highest BCUT2D eigenvalue weighted by Crippen LogP contribution is 2.38. The van der Waals surface area contributed by atoms with Gasteiger partial charge in [-0.2, -0.15) is 13.2 Å². The van der Waals surface area contributed by atoms with E-state index in [1.165, 1.54) is 17.0 Å². The molecule has 2 saturated heterocycles. The number of hydrogen-bond donors (Lipinski definition) is 0. The summed E-state index contributed by atoms with van der Waals surface area (Å²) in [6.07, 6.45) is 1.25. The molecule has 0 N–H and O–H groups in total. The van der Waals surface area contributed by atoms with Crippen LogP contribution in [0.3, 0.4) is 0 Å². The molecule has 0 spiro atoms. The van der Waals surface area contributed by atoms with Crippen LogP contribution in [0.25, 0.3) is 0 Å². The zero-order valence-electron chi connectivity index (χ0n) is 17.1. The zero-order valence-corrected chi connectivity index (χ0v) is 17.1. The van der Waals surface area contributed by atoms with Crippen molar-refractivity contribution in [1.29, 1.82) is 0 Å². The van der Waals surface area contributed by atoms with Gasteiger partial charge in [0.15, 0.2) is 0 Å². The van der Waals surface area contributed by atoms with Crippen molar-refractivity contribution in [1.82, 2.24) is 19.8 Å². The van der Waals surface area contributed by atoms with Crippen LogP contribution in [0.2, 0.25) is 0 Å². The maximum Gasteiger partial charge on any atom is 0.416 e. The van der Waals surface area contributed by atoms with Crippen LogP contribution in [0, 0.1) is 0 Å². The SMILES string of the molecule is O=C(c1cccc(C(F)(F)F)c1)N1CC(=O)N2C[C@H](Oc3cnc(C4CC4)cn3)C[C@H]2C1. The highest BCUT2D eigenvalue weighted by atomic mass is 19.4. The standard InChI is InChI=1S/C22H21F3N4O3/c23-22(24,25)15-3-1-2-14(6-15)21(31)28-10-16-7-17(11-29(16)20(30)12-28)32-19-9-26-18(8-27-19)13-4-5-13/h1-3,6,8-9,13,16-17H,4-5,7,10-12H2/t16-,17+/m0/s1. The number of benzene rings is 1. The second kappa shape index (κ2) is 7.75. The first kappa shape index (κ1) is 20.7. The summed E-state index contributed by atoms with van der Waals surface area (Å²) < 4.78 is 44.9. The fourth-order valence-corrected chi connectivity index (χ4v) is 4.32. The van der Waals surface area contributed by atoms with E-state index in [0.29, 0.717) is 24.8 Å². The average molecular weight is 446 g/mol. The number of carbonyl (C=O) groups is 2. The quantitative estimate of drug-likeness (QED) is 0.722. The first-order valence-electron chi connectivity index (χ1n) is 10.5. The third-order valence-corrected chi connectivity index (χ3v) is 6.11. The third kappa shape index (κ3) is 4.13. The summed E-state index contributed by atoms with van der Waals surface area (Å²) in [5, 5.41) is 0. The molecule has 168 valence electrons. The number of aromatic nitrogens is 2. The van der Waals surface area contributed by atoms with Crippen molar-refractivity contribution >= 4 is 11.8 Å². The van der Waals surface area contributed by atoms with Gasteiger partial charge in [-0.05, 0) is 31.0 Å². The van der Waals surface area contributed by atoms with Gasteiger partial charge in [-0.3, -0.25) is 14.6 Å². The molecule has 1 aliphatic carbocycles. The molecule has 3 aliphatic rings. The molecule has 10 heteroatoms. The van der Waals surface area contributed by atoms with Crippen molar-refractivity contribution in [2.24, 2.45) is 0 Å². The molecule has 2 atom stereocenters. The number of ether oxygens (including phenoxy) is 1. The van der Waals surface area contributed by atoms with Crippen molar-refractivity contribution in [2.45, 2.75) is 43.5 Å². The van der Waals surface area contributed by atoms with E-state index in [4.69, 9.17) is 4.74 Å². The molecule has 32 heavy (non-hydrogen) atoms. The van der Waals surface area contributed by atoms with E-state index >= 15 is 0 Å². The van der Waals surface area contributed by atoms with Gasteiger partial charge >= 0.3 is 6.18 Å². The smallest absolute Gasteiger partial charge is 0.416 e. The Kier molecular flexibility index (Phi) is 5.02. The lowest BCUT2D eigenvalue weighted by molar-refractivity contribution is -0.138. The van der Waals surface area contributed by atoms with Crippen LogP contribution < -0.4 is 4.74 Å². The van der Waals surface area contributed by atoms with Crippen molar-refractivity contribution in [3.8, 4) is 5.88 Å². The van der Waals surface area contributed by atoms with E-state index in [-0.39, 0.29) is 36.7 Å². The molecule has 2 amide bonds. The van der Waals surface area contributed by atoms with E-state index in [2.05, 4.69) is 9.97 Å². The molecule has 1 aromatic heterocycles. The highest BCUT2D eigenvalue weighted by Gasteiger charge is 2.43. The maximum absolute atomic E-state index is 13.0. The summed E-state index contributed by atoms with van der Waals surface area (Å²) in [7, 11) is 0. The molecule has 0 radical (unpaired) electrons. The summed E-state index contributed by atoms with van der Waals surface area (Å²) in [5.41, 5.74) is -0.0190. The minimum absolute atomic E-state index is 0.0853. The van der Waals surface area contributed by atoms with Crippen LogP contribution in [-0.2, 0) is 11.0 Å². The van der Waals surface area contributed by atoms with E-state index in [9.17, 15) is 22.8 Å². The molecule has 7 nitrogen and oxygen atoms in total. The molecule has 1 aromatic carbocycles. The minimum Gasteiger partial charge on any atom is -0.471 e. The number of amides is 2. The van der Waals surface area contributed by atoms with Gasteiger partial charge in [0, 0.05) is 24.4 Å². The third-order valence-electron chi connectivity index (χ3n) is 6.11. The Bertz CT molecular complexity index is 1040. The normalized spacial score (nSPS) is 23.3. The minimum atomic E-state index is -4.54. The van der Waals surface area contributed by atoms with Crippen LogP contribution in [0.15, 0.2) is 36.7 Å². The molecular weight excluding hydrogens is 425 g/mol. The van der Waals surface area contributed by atoms with Crippen molar-refractivity contribution in [2.75, 3.05) is 19.6 Å². The fraction of sp³-hybridized carbons (Fsp3) is 0.455. The second-order valence-electron chi connectivity index (χ2n) is 8.49. The van der Waals surface area contributed by atoms with Gasteiger partial charge < -0.3 is 14.5 Å². The molecule has 3 fully saturated rings. The van der Waals surface area contributed by atoms with Crippen LogP contribution >= 0.6 is 0 Å². The highest BCUT2D eigenvalue weighted by molar-refractivity contribution is 5.97. The molecule has 2 aliphatic heterocycles. The first-order chi connectivity index (χ1) is 15.3. The summed E-state index contributed by atoms with van der Waals surface area (Å²) in [5.74, 6) is 0.0522. The molecule has 5 rings (SSSR count). The molecule has 0 bridgehead atoms. The number of hydrogen-bond acceptors (Lipinski definition) is 5. The molecule has 2 aromatic rings. The first-order valence-corrected chi connectivity index (χ1v) is 10.5. The monoisotopic (exact) mass is 446 g/mol. The van der Waals surface area contributed by atoms with Gasteiger partial charge in [0.1, 0.15) is 12.6 Å². The van der Waals surface area contributed by atoms with Gasteiger partial charge in [0.2, 0.25) is 11.8 Å². The predicted molar refractivity (Wildman–Crippen MR) is 106 cm³/mol. The second-order valence-corrected chi connectivity index (χ2v) is 8.49. The van der Waals surface area contributed by atoms with Crippen LogP contribution in [-0.4, -0.2) is 63.4 Å². The van der Waals surface area contributed by atoms with Gasteiger partial charge in [0.05, 0.1) is 36.2 Å². The Labute approximate surface area is 182 Å². The predicted octanol–water partition coefficient (Wildman–Crippen LogP) is 2.88. The molecule has 1 saturated carbocycles. The van der Waals surface area contributed by atoms with Gasteiger partial charge in [-0.25, -0.2) is 4.98 Å². The van der Waals surface area contributed by atoms with E-state index in [1.54, 1.807) is 17.3 Å². The summed E-state index contributed by atoms with van der Waals surface area (Å²) >= 11 is 0. The van der Waals surface area contributed by atoms with E-state index < -0.39 is 17.6 Å². The lowest BCUT2D eigenvalue weighted by atomic mass is 10.1. The molecular formula is C22H21F3N4O3. The topological polar surface area (TPSA) is 75.6 Å². The number of nitrogens with zero attached hydrogens (tertiary/aromatic N) is 4. The maximum atomic E-state index is 13.0. The van der Waals surface area contributed by atoms with Gasteiger partial charge in [-0.15, -0.1) is 0 Å². The van der Waals surface area contributed by atoms with Crippen molar-refractivity contribution in [3.05, 3.63) is 53.5 Å². The Balaban J connectivity index is 1.24. The van der Waals surface area contributed by atoms with Crippen molar-refractivity contribution in [3.63, 3.8) is 0 Å². The fourth-order valence-electron chi connectivity index (χ4n) is 4.32. The number of carbonyl (C=O) groups excluding carboxylic acids is 2. The lowest BCUT2D eigenvalue weighted by Gasteiger charge is -2.36. The van der Waals surface area contributed by atoms with E-state index in [0.717, 1.165) is 30.7 Å². The average Bonchev–Trinajstić information content (AvgIpc) is 3.53. The van der Waals surface area contributed by atoms with Gasteiger partial charge in [0.25, 0.3) is 5.91 Å². The van der Waals surface area contributed by atoms with Gasteiger partial charge in [-0.1, -0.05) is 6.07 Å². The van der Waals surface area contributed by atoms with Crippen LogP contribution in [0.4, 0.5) is 13.2 Å². The number of piperazine rings is 1. The Morgan fingerprint density at radius 3 is 2.62 bits per heavy atom. The largest absolute Gasteiger partial charge is 0.471 e. The van der Waals surface area contributed by atoms with E-state index in [1.807, 2.05) is 0 Å². The van der Waals surface area contributed by atoms with Crippen LogP contribution in [0.1, 0.15) is 46.8 Å². The molecule has 3 heterocycles. The molecule has 0 unspecified atom stereocenters. The summed E-state index contributed by atoms with van der Waals surface area (Å²) in [4.78, 5) is 37.1. The number of rotatable bonds is 4. The Morgan fingerprint density at radius 2 is 1.94 bits per heavy atom. The lowest BCUT2D eigenvalue weighted by Crippen LogP contribution is -2.55. The summed E-state index contributed by atoms with van der Waals surface area (Å²) in [6.45, 7) is 0.447. The van der Waals surface area contributed by atoms with Crippen LogP contribution in [0.5, 0.6) is 5.88 Å². The Hall–Kier alpha value is -3.17. The zero-order chi connectivity index (χ0) is 22.5. The number of alkyl halides is 3. The Morgan fingerprint density at radius 1 is 1.12 bits per heavy atom. The number of halogens is 3. The number of fused-ring (bicyclic) bond motifs is 1.